The molecule has 0 aliphatic carbocycles. The average molecular weight is 643 g/mol. The Bertz CT molecular complexity index is 779. The highest BCUT2D eigenvalue weighted by molar-refractivity contribution is 5.69. The van der Waals surface area contributed by atoms with E-state index in [1.807, 2.05) is 0 Å². The molecular formula is C42H74O4. The van der Waals surface area contributed by atoms with Crippen LogP contribution in [-0.2, 0) is 14.3 Å². The molecule has 4 nitrogen and oxygen atoms in total. The number of hydrogen-bond donors (Lipinski definition) is 1. The van der Waals surface area contributed by atoms with Gasteiger partial charge in [-0.1, -0.05) is 152 Å². The molecule has 0 saturated carbocycles. The lowest BCUT2D eigenvalue weighted by atomic mass is 10.0. The fourth-order valence-electron chi connectivity index (χ4n) is 5.64. The van der Waals surface area contributed by atoms with Crippen molar-refractivity contribution in [2.24, 2.45) is 0 Å². The van der Waals surface area contributed by atoms with Crippen LogP contribution in [0.5, 0.6) is 0 Å². The summed E-state index contributed by atoms with van der Waals surface area (Å²) >= 11 is 0. The lowest BCUT2D eigenvalue weighted by Crippen LogP contribution is -2.18. The molecule has 0 fully saturated rings. The van der Waals surface area contributed by atoms with Gasteiger partial charge in [0, 0.05) is 12.8 Å². The van der Waals surface area contributed by atoms with Crippen molar-refractivity contribution in [2.75, 3.05) is 0 Å². The van der Waals surface area contributed by atoms with Gasteiger partial charge in [-0.3, -0.25) is 9.59 Å². The lowest BCUT2D eigenvalue weighted by molar-refractivity contribution is -0.150. The number of carboxylic acids is 1. The number of carboxylic acid groups (broad SMARTS) is 1. The molecule has 0 aliphatic rings. The quantitative estimate of drug-likeness (QED) is 0.0424. The third-order valence-electron chi connectivity index (χ3n) is 8.55. The van der Waals surface area contributed by atoms with Crippen molar-refractivity contribution in [1.29, 1.82) is 0 Å². The van der Waals surface area contributed by atoms with E-state index in [0.717, 1.165) is 83.5 Å². The smallest absolute Gasteiger partial charge is 0.306 e. The van der Waals surface area contributed by atoms with Gasteiger partial charge in [-0.25, -0.2) is 0 Å². The minimum Gasteiger partial charge on any atom is -0.481 e. The maximum atomic E-state index is 12.6. The summed E-state index contributed by atoms with van der Waals surface area (Å²) in [5.41, 5.74) is 0. The largest absolute Gasteiger partial charge is 0.481 e. The van der Waals surface area contributed by atoms with Gasteiger partial charge in [-0.05, 0) is 83.5 Å². The van der Waals surface area contributed by atoms with E-state index in [0.29, 0.717) is 12.8 Å². The van der Waals surface area contributed by atoms with Gasteiger partial charge in [0.25, 0.3) is 0 Å². The Kier molecular flexibility index (Phi) is 35.7. The van der Waals surface area contributed by atoms with Gasteiger partial charge in [-0.15, -0.1) is 0 Å². The number of hydrogen-bond acceptors (Lipinski definition) is 3. The zero-order chi connectivity index (χ0) is 33.6. The van der Waals surface area contributed by atoms with Crippen LogP contribution in [0.2, 0.25) is 0 Å². The highest BCUT2D eigenvalue weighted by Crippen LogP contribution is 2.18. The summed E-state index contributed by atoms with van der Waals surface area (Å²) in [6.07, 6.45) is 50.0. The average Bonchev–Trinajstić information content (AvgIpc) is 3.04. The number of allylic oxidation sites excluding steroid dienone is 8. The van der Waals surface area contributed by atoms with Gasteiger partial charge in [0.2, 0.25) is 0 Å². The highest BCUT2D eigenvalue weighted by Gasteiger charge is 2.14. The van der Waals surface area contributed by atoms with Crippen molar-refractivity contribution in [3.05, 3.63) is 48.6 Å². The third kappa shape index (κ3) is 36.4. The summed E-state index contributed by atoms with van der Waals surface area (Å²) in [6, 6.07) is 0. The first-order valence-electron chi connectivity index (χ1n) is 19.6. The molecule has 46 heavy (non-hydrogen) atoms. The molecule has 0 heterocycles. The van der Waals surface area contributed by atoms with Gasteiger partial charge >= 0.3 is 11.9 Å². The molecule has 0 radical (unpaired) electrons. The summed E-state index contributed by atoms with van der Waals surface area (Å²) in [6.45, 7) is 4.48. The number of rotatable bonds is 35. The number of aliphatic carboxylic acids is 1. The molecule has 1 unspecified atom stereocenters. The minimum atomic E-state index is -0.686. The Morgan fingerprint density at radius 2 is 0.848 bits per heavy atom. The Hall–Kier alpha value is -2.10. The van der Waals surface area contributed by atoms with E-state index >= 15 is 0 Å². The summed E-state index contributed by atoms with van der Waals surface area (Å²) in [5.74, 6) is -0.683. The summed E-state index contributed by atoms with van der Waals surface area (Å²) in [7, 11) is 0. The van der Waals surface area contributed by atoms with E-state index in [2.05, 4.69) is 62.5 Å². The van der Waals surface area contributed by atoms with Crippen LogP contribution < -0.4 is 0 Å². The number of ether oxygens (including phenoxy) is 1. The zero-order valence-electron chi connectivity index (χ0n) is 30.4. The van der Waals surface area contributed by atoms with E-state index < -0.39 is 5.97 Å². The molecule has 0 aromatic carbocycles. The van der Waals surface area contributed by atoms with E-state index in [9.17, 15) is 9.59 Å². The molecule has 0 aromatic heterocycles. The van der Waals surface area contributed by atoms with Crippen molar-refractivity contribution in [3.63, 3.8) is 0 Å². The summed E-state index contributed by atoms with van der Waals surface area (Å²) in [4.78, 5) is 23.1. The van der Waals surface area contributed by atoms with Crippen molar-refractivity contribution in [2.45, 2.75) is 206 Å². The molecule has 266 valence electrons. The van der Waals surface area contributed by atoms with Crippen molar-refractivity contribution >= 4 is 11.9 Å². The second kappa shape index (κ2) is 37.4. The van der Waals surface area contributed by atoms with Gasteiger partial charge in [0.1, 0.15) is 6.10 Å². The van der Waals surface area contributed by atoms with E-state index in [1.165, 1.54) is 89.9 Å². The monoisotopic (exact) mass is 643 g/mol. The molecule has 4 heteroatoms. The second-order valence-electron chi connectivity index (χ2n) is 13.1. The van der Waals surface area contributed by atoms with Crippen LogP contribution in [0.3, 0.4) is 0 Å². The molecule has 0 spiro atoms. The molecule has 0 rings (SSSR count). The molecule has 0 aliphatic heterocycles. The third-order valence-corrected chi connectivity index (χ3v) is 8.55. The fourth-order valence-corrected chi connectivity index (χ4v) is 5.64. The fraction of sp³-hybridized carbons (Fsp3) is 0.762. The molecule has 0 bridgehead atoms. The van der Waals surface area contributed by atoms with E-state index in [-0.39, 0.29) is 12.1 Å². The predicted molar refractivity (Wildman–Crippen MR) is 199 cm³/mol. The number of esters is 1. The van der Waals surface area contributed by atoms with Crippen LogP contribution >= 0.6 is 0 Å². The van der Waals surface area contributed by atoms with Crippen LogP contribution in [0, 0.1) is 0 Å². The maximum Gasteiger partial charge on any atom is 0.306 e. The van der Waals surface area contributed by atoms with Gasteiger partial charge in [0.05, 0.1) is 0 Å². The molecular weight excluding hydrogens is 568 g/mol. The number of carbonyl (C=O) groups is 2. The minimum absolute atomic E-state index is 0.00275. The molecule has 0 amide bonds. The van der Waals surface area contributed by atoms with Crippen molar-refractivity contribution in [1.82, 2.24) is 0 Å². The molecule has 0 aromatic rings. The number of carbonyl (C=O) groups excluding carboxylic acids is 1. The van der Waals surface area contributed by atoms with Crippen LogP contribution in [0.1, 0.15) is 200 Å². The zero-order valence-corrected chi connectivity index (χ0v) is 30.4. The van der Waals surface area contributed by atoms with E-state index in [4.69, 9.17) is 9.84 Å². The maximum absolute atomic E-state index is 12.6. The standard InChI is InChI=1S/C42H74O4/c1-3-5-7-9-10-11-12-13-14-15-16-17-18-19-20-21-22-23-28-31-35-39-42(45)46-40(36-32-8-6-4-2)37-33-29-26-24-25-27-30-34-38-41(43)44/h10-11,13-14,16-17,19-20,40H,3-9,12,15,18,21-39H2,1-2H3,(H,43,44)/b11-10-,14-13-,17-16-,20-19-. The Morgan fingerprint density at radius 1 is 0.478 bits per heavy atom. The molecule has 0 saturated heterocycles. The number of unbranched alkanes of at least 4 members (excludes halogenated alkanes) is 18. The second-order valence-corrected chi connectivity index (χ2v) is 13.1. The summed E-state index contributed by atoms with van der Waals surface area (Å²) < 4.78 is 5.96. The van der Waals surface area contributed by atoms with Crippen molar-refractivity contribution < 1.29 is 19.4 Å². The normalized spacial score (nSPS) is 12.7. The predicted octanol–water partition coefficient (Wildman–Crippen LogP) is 13.6. The highest BCUT2D eigenvalue weighted by atomic mass is 16.5. The SMILES string of the molecule is CCCCC/C=C\C/C=C\C/C=C\C/C=C\CCCCCCCC(=O)OC(CCCCCC)CCCCCCCCCCC(=O)O. The van der Waals surface area contributed by atoms with Crippen LogP contribution in [0.25, 0.3) is 0 Å². The van der Waals surface area contributed by atoms with Crippen molar-refractivity contribution in [3.8, 4) is 0 Å². The van der Waals surface area contributed by atoms with Crippen LogP contribution in [0.4, 0.5) is 0 Å². The van der Waals surface area contributed by atoms with Gasteiger partial charge in [-0.2, -0.15) is 0 Å². The summed E-state index contributed by atoms with van der Waals surface area (Å²) in [5, 5.41) is 8.71. The van der Waals surface area contributed by atoms with Crippen LogP contribution in [-0.4, -0.2) is 23.1 Å². The first kappa shape index (κ1) is 43.9. The Balaban J connectivity index is 3.84. The lowest BCUT2D eigenvalue weighted by Gasteiger charge is -2.18. The van der Waals surface area contributed by atoms with Gasteiger partial charge < -0.3 is 9.84 Å². The first-order chi connectivity index (χ1) is 22.6. The van der Waals surface area contributed by atoms with Gasteiger partial charge in [0.15, 0.2) is 0 Å². The first-order valence-corrected chi connectivity index (χ1v) is 19.6. The van der Waals surface area contributed by atoms with E-state index in [1.54, 1.807) is 0 Å². The topological polar surface area (TPSA) is 63.6 Å². The van der Waals surface area contributed by atoms with Crippen LogP contribution in [0.15, 0.2) is 48.6 Å². The Morgan fingerprint density at radius 3 is 1.35 bits per heavy atom. The molecule has 1 atom stereocenters. The molecule has 1 N–H and O–H groups in total. The Labute approximate surface area is 285 Å².